The van der Waals surface area contributed by atoms with Gasteiger partial charge in [0.05, 0.1) is 10.4 Å². The molecule has 7 nitrogen and oxygen atoms in total. The van der Waals surface area contributed by atoms with Gasteiger partial charge in [-0.3, -0.25) is 4.68 Å². The molecular weight excluding hydrogens is 476 g/mol. The largest absolute Gasteiger partial charge is 0.291 e. The van der Waals surface area contributed by atoms with Crippen LogP contribution >= 0.6 is 27.3 Å². The lowest BCUT2D eigenvalue weighted by molar-refractivity contribution is 0.150. The first-order valence-electron chi connectivity index (χ1n) is 8.49. The van der Waals surface area contributed by atoms with Gasteiger partial charge in [0.25, 0.3) is 6.43 Å². The van der Waals surface area contributed by atoms with Crippen molar-refractivity contribution < 1.29 is 17.2 Å². The highest BCUT2D eigenvalue weighted by Crippen LogP contribution is 2.39. The van der Waals surface area contributed by atoms with Crippen LogP contribution in [0.3, 0.4) is 0 Å². The van der Waals surface area contributed by atoms with E-state index < -0.39 is 27.0 Å². The van der Waals surface area contributed by atoms with Crippen molar-refractivity contribution in [2.45, 2.75) is 50.1 Å². The number of sulfonamides is 1. The second-order valence-electron chi connectivity index (χ2n) is 6.88. The third kappa shape index (κ3) is 3.46. The number of hydrogen-bond acceptors (Lipinski definition) is 6. The van der Waals surface area contributed by atoms with Crippen LogP contribution in [0.4, 0.5) is 8.78 Å². The van der Waals surface area contributed by atoms with Crippen molar-refractivity contribution in [2.24, 2.45) is 0 Å². The smallest absolute Gasteiger partial charge is 0.263 e. The molecule has 2 heterocycles. The van der Waals surface area contributed by atoms with Gasteiger partial charge < -0.3 is 0 Å². The number of aromatic nitrogens is 4. The van der Waals surface area contributed by atoms with Gasteiger partial charge in [0.2, 0.25) is 10.0 Å². The predicted molar refractivity (Wildman–Crippen MR) is 105 cm³/mol. The average Bonchev–Trinajstić information content (AvgIpc) is 3.04. The van der Waals surface area contributed by atoms with Gasteiger partial charge in [-0.05, 0) is 54.8 Å². The van der Waals surface area contributed by atoms with Crippen LogP contribution in [-0.2, 0) is 16.6 Å². The van der Waals surface area contributed by atoms with E-state index in [-0.39, 0.29) is 9.90 Å². The van der Waals surface area contributed by atoms with Gasteiger partial charge in [-0.25, -0.2) is 21.9 Å². The van der Waals surface area contributed by atoms with Gasteiger partial charge in [-0.15, -0.1) is 10.2 Å². The predicted octanol–water partition coefficient (Wildman–Crippen LogP) is 4.11. The Morgan fingerprint density at radius 3 is 2.64 bits per heavy atom. The van der Waals surface area contributed by atoms with E-state index in [9.17, 15) is 17.2 Å². The molecule has 0 bridgehead atoms. The number of rotatable bonds is 6. The summed E-state index contributed by atoms with van der Waals surface area (Å²) in [5.41, 5.74) is 0.585. The van der Waals surface area contributed by atoms with Crippen LogP contribution in [0.5, 0.6) is 0 Å². The number of aryl methyl sites for hydroxylation is 1. The molecule has 3 aromatic rings. The van der Waals surface area contributed by atoms with Gasteiger partial charge in [0.1, 0.15) is 5.69 Å². The minimum atomic E-state index is -3.74. The highest BCUT2D eigenvalue weighted by molar-refractivity contribution is 9.10. The number of nitrogens with one attached hydrogen (secondary N) is 1. The Balaban J connectivity index is 1.89. The molecule has 1 N–H and O–H groups in total. The van der Waals surface area contributed by atoms with E-state index >= 15 is 0 Å². The second-order valence-corrected chi connectivity index (χ2v) is 10.4. The monoisotopic (exact) mass is 491 g/mol. The molecule has 0 radical (unpaired) electrons. The van der Waals surface area contributed by atoms with Gasteiger partial charge >= 0.3 is 0 Å². The molecule has 2 aromatic heterocycles. The van der Waals surface area contributed by atoms with Crippen LogP contribution in [0, 0.1) is 0 Å². The van der Waals surface area contributed by atoms with Gasteiger partial charge in [-0.1, -0.05) is 11.3 Å². The zero-order chi connectivity index (χ0) is 20.3. The van der Waals surface area contributed by atoms with Crippen LogP contribution < -0.4 is 4.72 Å². The molecule has 0 amide bonds. The number of benzene rings is 1. The van der Waals surface area contributed by atoms with Gasteiger partial charge in [0.15, 0.2) is 10.0 Å². The molecule has 0 saturated heterocycles. The molecule has 1 aliphatic rings. The fourth-order valence-corrected chi connectivity index (χ4v) is 5.91. The summed E-state index contributed by atoms with van der Waals surface area (Å²) in [4.78, 5) is 0.0792. The molecule has 1 aliphatic carbocycles. The minimum Gasteiger partial charge on any atom is -0.263 e. The lowest BCUT2D eigenvalue weighted by atomic mass is 10.2. The zero-order valence-electron chi connectivity index (χ0n) is 14.9. The Morgan fingerprint density at radius 2 is 2.07 bits per heavy atom. The van der Waals surface area contributed by atoms with Crippen LogP contribution in [0.25, 0.3) is 21.6 Å². The Labute approximate surface area is 172 Å². The quantitative estimate of drug-likeness (QED) is 0.560. The Hall–Kier alpha value is -1.50. The van der Waals surface area contributed by atoms with E-state index in [1.807, 2.05) is 13.8 Å². The first kappa shape index (κ1) is 19.8. The maximum Gasteiger partial charge on any atom is 0.291 e. The molecule has 1 saturated carbocycles. The van der Waals surface area contributed by atoms with Crippen molar-refractivity contribution in [3.05, 3.63) is 21.6 Å². The van der Waals surface area contributed by atoms with E-state index in [1.54, 1.807) is 4.68 Å². The molecule has 1 aromatic carbocycles. The van der Waals surface area contributed by atoms with Crippen molar-refractivity contribution >= 4 is 48.2 Å². The van der Waals surface area contributed by atoms with E-state index in [2.05, 4.69) is 35.9 Å². The molecular formula is C16H16BrF2N5O2S2. The molecule has 4 rings (SSSR count). The zero-order valence-corrected chi connectivity index (χ0v) is 18.1. The minimum absolute atomic E-state index is 0.0792. The number of fused-ring (bicyclic) bond motifs is 1. The molecule has 12 heteroatoms. The van der Waals surface area contributed by atoms with E-state index in [0.717, 1.165) is 24.2 Å². The van der Waals surface area contributed by atoms with Crippen LogP contribution in [0.1, 0.15) is 38.1 Å². The Bertz CT molecular complexity index is 1170. The highest BCUT2D eigenvalue weighted by Gasteiger charge is 2.41. The fourth-order valence-electron chi connectivity index (χ4n) is 2.87. The molecule has 0 unspecified atom stereocenters. The molecule has 0 spiro atoms. The number of hydrogen-bond donors (Lipinski definition) is 1. The summed E-state index contributed by atoms with van der Waals surface area (Å²) in [6.07, 6.45) is -1.15. The maximum atomic E-state index is 12.9. The SMILES string of the molecule is CCn1nc(-c2nnc(C(F)F)s2)c2cc(S(=O)(=O)NC3(C)CC3)cc(Br)c21. The lowest BCUT2D eigenvalue weighted by Crippen LogP contribution is -2.34. The molecule has 28 heavy (non-hydrogen) atoms. The summed E-state index contributed by atoms with van der Waals surface area (Å²) in [5, 5.41) is 12.1. The molecule has 150 valence electrons. The standard InChI is InChI=1S/C16H16BrF2N5O2S2/c1-3-24-12-9(11(22-24)14-20-21-15(27-14)13(18)19)6-8(7-10(12)17)28(25,26)23-16(2)4-5-16/h6-7,13,23H,3-5H2,1-2H3. The summed E-state index contributed by atoms with van der Waals surface area (Å²) in [6, 6.07) is 3.03. The van der Waals surface area contributed by atoms with Crippen molar-refractivity contribution in [3.63, 3.8) is 0 Å². The summed E-state index contributed by atoms with van der Waals surface area (Å²) >= 11 is 4.18. The average molecular weight is 492 g/mol. The number of nitrogens with zero attached hydrogens (tertiary/aromatic N) is 4. The third-order valence-electron chi connectivity index (χ3n) is 4.59. The van der Waals surface area contributed by atoms with Crippen LogP contribution in [0.15, 0.2) is 21.5 Å². The van der Waals surface area contributed by atoms with Crippen molar-refractivity contribution in [3.8, 4) is 10.7 Å². The summed E-state index contributed by atoms with van der Waals surface area (Å²) in [7, 11) is -3.74. The first-order valence-corrected chi connectivity index (χ1v) is 11.6. The number of alkyl halides is 2. The van der Waals surface area contributed by atoms with Crippen molar-refractivity contribution in [1.29, 1.82) is 0 Å². The van der Waals surface area contributed by atoms with E-state index in [0.29, 0.717) is 27.6 Å². The Kier molecular flexibility index (Phi) is 4.80. The highest BCUT2D eigenvalue weighted by atomic mass is 79.9. The second kappa shape index (κ2) is 6.78. The van der Waals surface area contributed by atoms with Gasteiger partial charge in [0, 0.05) is 21.9 Å². The fraction of sp³-hybridized carbons (Fsp3) is 0.438. The topological polar surface area (TPSA) is 89.8 Å². The summed E-state index contributed by atoms with van der Waals surface area (Å²) in [6.45, 7) is 4.25. The maximum absolute atomic E-state index is 12.9. The number of halogens is 3. The van der Waals surface area contributed by atoms with Gasteiger partial charge in [-0.2, -0.15) is 5.10 Å². The Morgan fingerprint density at radius 1 is 1.36 bits per heavy atom. The van der Waals surface area contributed by atoms with E-state index in [4.69, 9.17) is 0 Å². The third-order valence-corrected chi connectivity index (χ3v) is 7.75. The summed E-state index contributed by atoms with van der Waals surface area (Å²) in [5.74, 6) is 0. The summed E-state index contributed by atoms with van der Waals surface area (Å²) < 4.78 is 56.4. The van der Waals surface area contributed by atoms with Crippen LogP contribution in [-0.4, -0.2) is 33.9 Å². The normalized spacial score (nSPS) is 16.2. The van der Waals surface area contributed by atoms with Crippen molar-refractivity contribution in [1.82, 2.24) is 24.7 Å². The molecule has 0 aliphatic heterocycles. The van der Waals surface area contributed by atoms with E-state index in [1.165, 1.54) is 12.1 Å². The molecule has 0 atom stereocenters. The lowest BCUT2D eigenvalue weighted by Gasteiger charge is -2.13. The molecule has 1 fully saturated rings. The first-order chi connectivity index (χ1) is 13.1. The van der Waals surface area contributed by atoms with Crippen molar-refractivity contribution in [2.75, 3.05) is 0 Å². The van der Waals surface area contributed by atoms with Crippen LogP contribution in [0.2, 0.25) is 0 Å².